The molecule has 0 saturated heterocycles. The Kier molecular flexibility index (Phi) is 7.09. The van der Waals surface area contributed by atoms with Crippen LogP contribution in [0, 0.1) is 22.9 Å². The van der Waals surface area contributed by atoms with Crippen molar-refractivity contribution in [3.8, 4) is 0 Å². The van der Waals surface area contributed by atoms with Crippen LogP contribution in [0.5, 0.6) is 0 Å². The minimum atomic E-state index is -1.05. The van der Waals surface area contributed by atoms with Gasteiger partial charge in [0, 0.05) is 17.3 Å². The fourth-order valence-electron chi connectivity index (χ4n) is 2.89. The first-order valence-electron chi connectivity index (χ1n) is 9.62. The van der Waals surface area contributed by atoms with E-state index in [0.717, 1.165) is 23.8 Å². The molecular formula is C23H18FN3O6. The summed E-state index contributed by atoms with van der Waals surface area (Å²) in [6.07, 6.45) is 0. The summed E-state index contributed by atoms with van der Waals surface area (Å²) in [5.41, 5.74) is 0.698. The van der Waals surface area contributed by atoms with Crippen LogP contribution < -0.4 is 10.6 Å². The first-order valence-corrected chi connectivity index (χ1v) is 9.62. The van der Waals surface area contributed by atoms with Crippen molar-refractivity contribution in [2.75, 3.05) is 17.2 Å². The number of rotatable bonds is 7. The zero-order valence-corrected chi connectivity index (χ0v) is 17.3. The SMILES string of the molecule is Cc1cccc(C(=O)Nc2ccccc2C(=O)OCC(=O)Nc2ccc(F)c([N+](=O)[O-])c2)c1. The second-order valence-corrected chi connectivity index (χ2v) is 6.92. The summed E-state index contributed by atoms with van der Waals surface area (Å²) < 4.78 is 18.4. The van der Waals surface area contributed by atoms with Gasteiger partial charge in [-0.3, -0.25) is 19.7 Å². The molecule has 0 heterocycles. The van der Waals surface area contributed by atoms with Gasteiger partial charge in [-0.25, -0.2) is 4.79 Å². The lowest BCUT2D eigenvalue weighted by Gasteiger charge is -2.11. The number of para-hydroxylation sites is 1. The number of carbonyl (C=O) groups excluding carboxylic acids is 3. The number of benzene rings is 3. The molecule has 0 unspecified atom stereocenters. The van der Waals surface area contributed by atoms with Crippen molar-refractivity contribution in [1.29, 1.82) is 0 Å². The smallest absolute Gasteiger partial charge is 0.340 e. The minimum absolute atomic E-state index is 0.0312. The number of nitro groups is 1. The topological polar surface area (TPSA) is 128 Å². The van der Waals surface area contributed by atoms with Gasteiger partial charge < -0.3 is 15.4 Å². The van der Waals surface area contributed by atoms with Crippen molar-refractivity contribution in [3.05, 3.63) is 99.4 Å². The molecule has 10 heteroatoms. The molecule has 3 aromatic carbocycles. The van der Waals surface area contributed by atoms with E-state index in [-0.39, 0.29) is 16.9 Å². The third-order valence-electron chi connectivity index (χ3n) is 4.44. The molecule has 33 heavy (non-hydrogen) atoms. The van der Waals surface area contributed by atoms with E-state index in [4.69, 9.17) is 4.74 Å². The zero-order valence-electron chi connectivity index (χ0n) is 17.3. The molecule has 0 atom stereocenters. The highest BCUT2D eigenvalue weighted by molar-refractivity contribution is 6.08. The van der Waals surface area contributed by atoms with Crippen LogP contribution in [0.15, 0.2) is 66.7 Å². The van der Waals surface area contributed by atoms with Crippen LogP contribution >= 0.6 is 0 Å². The second-order valence-electron chi connectivity index (χ2n) is 6.92. The molecule has 0 saturated carbocycles. The highest BCUT2D eigenvalue weighted by Gasteiger charge is 2.18. The van der Waals surface area contributed by atoms with Crippen LogP contribution in [-0.2, 0) is 9.53 Å². The summed E-state index contributed by atoms with van der Waals surface area (Å²) in [5.74, 6) is -3.12. The summed E-state index contributed by atoms with van der Waals surface area (Å²) in [6.45, 7) is 1.14. The molecule has 0 aromatic heterocycles. The van der Waals surface area contributed by atoms with Crippen LogP contribution in [0.3, 0.4) is 0 Å². The second kappa shape index (κ2) is 10.1. The molecule has 0 bridgehead atoms. The Morgan fingerprint density at radius 3 is 2.48 bits per heavy atom. The van der Waals surface area contributed by atoms with E-state index in [9.17, 15) is 28.9 Å². The summed E-state index contributed by atoms with van der Waals surface area (Å²) >= 11 is 0. The number of aryl methyl sites for hydroxylation is 1. The molecule has 9 nitrogen and oxygen atoms in total. The van der Waals surface area contributed by atoms with E-state index < -0.39 is 40.8 Å². The first-order chi connectivity index (χ1) is 15.7. The van der Waals surface area contributed by atoms with E-state index in [1.165, 1.54) is 12.1 Å². The van der Waals surface area contributed by atoms with Crippen molar-refractivity contribution in [2.45, 2.75) is 6.92 Å². The van der Waals surface area contributed by atoms with Gasteiger partial charge in [-0.05, 0) is 43.3 Å². The maximum atomic E-state index is 13.4. The van der Waals surface area contributed by atoms with E-state index in [0.29, 0.717) is 5.56 Å². The largest absolute Gasteiger partial charge is 0.452 e. The Labute approximate surface area is 187 Å². The summed E-state index contributed by atoms with van der Waals surface area (Å²) in [6, 6.07) is 15.9. The van der Waals surface area contributed by atoms with Gasteiger partial charge >= 0.3 is 11.7 Å². The van der Waals surface area contributed by atoms with Crippen molar-refractivity contribution in [2.24, 2.45) is 0 Å². The quantitative estimate of drug-likeness (QED) is 0.316. The number of nitrogens with zero attached hydrogens (tertiary/aromatic N) is 1. The molecule has 2 N–H and O–H groups in total. The van der Waals surface area contributed by atoms with Gasteiger partial charge in [-0.1, -0.05) is 29.8 Å². The van der Waals surface area contributed by atoms with Crippen LogP contribution in [0.4, 0.5) is 21.5 Å². The summed E-state index contributed by atoms with van der Waals surface area (Å²) in [7, 11) is 0. The number of carbonyl (C=O) groups is 3. The van der Waals surface area contributed by atoms with Gasteiger partial charge in [0.25, 0.3) is 11.8 Å². The van der Waals surface area contributed by atoms with Crippen LogP contribution in [0.25, 0.3) is 0 Å². The monoisotopic (exact) mass is 451 g/mol. The number of nitrogens with one attached hydrogen (secondary N) is 2. The highest BCUT2D eigenvalue weighted by atomic mass is 19.1. The highest BCUT2D eigenvalue weighted by Crippen LogP contribution is 2.22. The van der Waals surface area contributed by atoms with Gasteiger partial charge in [0.1, 0.15) is 0 Å². The molecule has 3 rings (SSSR count). The summed E-state index contributed by atoms with van der Waals surface area (Å²) in [5, 5.41) is 15.7. The predicted molar refractivity (Wildman–Crippen MR) is 118 cm³/mol. The molecule has 3 aromatic rings. The number of hydrogen-bond acceptors (Lipinski definition) is 6. The third-order valence-corrected chi connectivity index (χ3v) is 4.44. The maximum Gasteiger partial charge on any atom is 0.340 e. The van der Waals surface area contributed by atoms with E-state index in [1.807, 2.05) is 13.0 Å². The van der Waals surface area contributed by atoms with Gasteiger partial charge in [0.15, 0.2) is 6.61 Å². The lowest BCUT2D eigenvalue weighted by atomic mass is 10.1. The van der Waals surface area contributed by atoms with Crippen molar-refractivity contribution >= 4 is 34.8 Å². The van der Waals surface area contributed by atoms with Gasteiger partial charge in [-0.2, -0.15) is 4.39 Å². The molecule has 0 spiro atoms. The normalized spacial score (nSPS) is 10.2. The number of amides is 2. The van der Waals surface area contributed by atoms with Crippen molar-refractivity contribution in [3.63, 3.8) is 0 Å². The molecule has 0 aliphatic rings. The molecule has 0 aliphatic heterocycles. The first kappa shape index (κ1) is 23.1. The lowest BCUT2D eigenvalue weighted by Crippen LogP contribution is -2.22. The number of anilines is 2. The third kappa shape index (κ3) is 5.97. The van der Waals surface area contributed by atoms with Crippen molar-refractivity contribution in [1.82, 2.24) is 0 Å². The fraction of sp³-hybridized carbons (Fsp3) is 0.0870. The van der Waals surface area contributed by atoms with E-state index in [2.05, 4.69) is 10.6 Å². The van der Waals surface area contributed by atoms with Crippen LogP contribution in [0.1, 0.15) is 26.3 Å². The molecule has 0 aliphatic carbocycles. The van der Waals surface area contributed by atoms with E-state index in [1.54, 1.807) is 30.3 Å². The predicted octanol–water partition coefficient (Wildman–Crippen LogP) is 4.09. The lowest BCUT2D eigenvalue weighted by molar-refractivity contribution is -0.387. The van der Waals surface area contributed by atoms with Crippen molar-refractivity contribution < 1.29 is 28.4 Å². The Hall–Kier alpha value is -4.60. The summed E-state index contributed by atoms with van der Waals surface area (Å²) in [4.78, 5) is 46.9. The standard InChI is InChI=1S/C23H18FN3O6/c1-14-5-4-6-15(11-14)22(29)26-19-8-3-2-7-17(19)23(30)33-13-21(28)25-16-9-10-18(24)20(12-16)27(31)32/h2-12H,13H2,1H3,(H,25,28)(H,26,29). The maximum absolute atomic E-state index is 13.4. The Bertz CT molecular complexity index is 1240. The fourth-order valence-corrected chi connectivity index (χ4v) is 2.89. The van der Waals surface area contributed by atoms with Gasteiger partial charge in [0.2, 0.25) is 5.82 Å². The zero-order chi connectivity index (χ0) is 24.0. The molecular weight excluding hydrogens is 433 g/mol. The molecule has 2 amide bonds. The Balaban J connectivity index is 1.64. The average molecular weight is 451 g/mol. The Morgan fingerprint density at radius 2 is 1.76 bits per heavy atom. The van der Waals surface area contributed by atoms with E-state index >= 15 is 0 Å². The number of hydrogen-bond donors (Lipinski definition) is 2. The molecule has 168 valence electrons. The molecule has 0 radical (unpaired) electrons. The number of ether oxygens (including phenoxy) is 1. The minimum Gasteiger partial charge on any atom is -0.452 e. The van der Waals surface area contributed by atoms with Crippen LogP contribution in [0.2, 0.25) is 0 Å². The number of halogens is 1. The number of esters is 1. The molecule has 0 fully saturated rings. The van der Waals surface area contributed by atoms with Gasteiger partial charge in [0.05, 0.1) is 16.2 Å². The average Bonchev–Trinajstić information content (AvgIpc) is 2.79. The van der Waals surface area contributed by atoms with Gasteiger partial charge in [-0.15, -0.1) is 0 Å². The van der Waals surface area contributed by atoms with Crippen LogP contribution in [-0.4, -0.2) is 29.3 Å². The number of nitro benzene ring substituents is 1. The Morgan fingerprint density at radius 1 is 1.00 bits per heavy atom.